The molecule has 0 saturated carbocycles. The largest absolute Gasteiger partial charge is 0.319 e. The molecule has 0 rings (SSSR count). The van der Waals surface area contributed by atoms with Gasteiger partial charge in [0.1, 0.15) is 0 Å². The van der Waals surface area contributed by atoms with Crippen LogP contribution in [0.1, 0.15) is 19.8 Å². The molecular weight excluding hydrogens is 122 g/mol. The summed E-state index contributed by atoms with van der Waals surface area (Å²) in [6.07, 6.45) is 10.7. The van der Waals surface area contributed by atoms with Crippen molar-refractivity contribution in [2.24, 2.45) is 0 Å². The van der Waals surface area contributed by atoms with Crippen LogP contribution in [0.25, 0.3) is 0 Å². The summed E-state index contributed by atoms with van der Waals surface area (Å²) in [6, 6.07) is 0. The van der Waals surface area contributed by atoms with Crippen molar-refractivity contribution in [3.8, 4) is 0 Å². The Morgan fingerprint density at radius 2 is 1.90 bits per heavy atom. The summed E-state index contributed by atoms with van der Waals surface area (Å²) in [5, 5.41) is 3.08. The topological polar surface area (TPSA) is 12.0 Å². The van der Waals surface area contributed by atoms with Gasteiger partial charge in [-0.05, 0) is 26.4 Å². The summed E-state index contributed by atoms with van der Waals surface area (Å²) in [5.41, 5.74) is 0. The van der Waals surface area contributed by atoms with Crippen molar-refractivity contribution >= 4 is 0 Å². The van der Waals surface area contributed by atoms with E-state index in [1.54, 1.807) is 0 Å². The first kappa shape index (κ1) is 9.44. The van der Waals surface area contributed by atoms with E-state index in [-0.39, 0.29) is 0 Å². The molecule has 1 nitrogen and oxygen atoms in total. The molecule has 0 amide bonds. The highest BCUT2D eigenvalue weighted by molar-refractivity contribution is 5.01. The van der Waals surface area contributed by atoms with Crippen LogP contribution in [0, 0.1) is 0 Å². The molecule has 0 bridgehead atoms. The van der Waals surface area contributed by atoms with Crippen LogP contribution in [0.5, 0.6) is 0 Å². The molecule has 0 aromatic rings. The number of hydrogen-bond acceptors (Lipinski definition) is 1. The monoisotopic (exact) mass is 139 g/mol. The molecule has 0 heterocycles. The third-order valence-corrected chi connectivity index (χ3v) is 1.18. The molecule has 0 saturated heterocycles. The molecule has 1 heteroatoms. The first-order valence-electron chi connectivity index (χ1n) is 3.88. The van der Waals surface area contributed by atoms with Crippen LogP contribution in [-0.4, -0.2) is 13.6 Å². The predicted octanol–water partition coefficient (Wildman–Crippen LogP) is 2.12. The van der Waals surface area contributed by atoms with E-state index in [4.69, 9.17) is 0 Å². The molecule has 0 aliphatic heterocycles. The fourth-order valence-corrected chi connectivity index (χ4v) is 0.617. The van der Waals surface area contributed by atoms with Gasteiger partial charge in [-0.3, -0.25) is 0 Å². The van der Waals surface area contributed by atoms with E-state index >= 15 is 0 Å². The van der Waals surface area contributed by atoms with E-state index in [0.29, 0.717) is 0 Å². The van der Waals surface area contributed by atoms with E-state index in [2.05, 4.69) is 36.5 Å². The normalized spacial score (nSPS) is 11.8. The Morgan fingerprint density at radius 3 is 2.50 bits per heavy atom. The van der Waals surface area contributed by atoms with Gasteiger partial charge in [0.05, 0.1) is 0 Å². The number of rotatable bonds is 5. The Labute approximate surface area is 63.8 Å². The highest BCUT2D eigenvalue weighted by Crippen LogP contribution is 1.84. The molecule has 58 valence electrons. The Morgan fingerprint density at radius 1 is 1.20 bits per heavy atom. The van der Waals surface area contributed by atoms with Crippen molar-refractivity contribution in [3.05, 3.63) is 24.3 Å². The molecule has 0 radical (unpaired) electrons. The minimum atomic E-state index is 1.07. The SMILES string of the molecule is CC/C=C\C=C/CCNC. The maximum Gasteiger partial charge on any atom is -0.00172 e. The average molecular weight is 139 g/mol. The van der Waals surface area contributed by atoms with Crippen LogP contribution < -0.4 is 5.32 Å². The number of nitrogens with one attached hydrogen (secondary N) is 1. The summed E-state index contributed by atoms with van der Waals surface area (Å²) in [5.74, 6) is 0. The number of allylic oxidation sites excluding steroid dienone is 3. The Balaban J connectivity index is 3.11. The molecule has 0 spiro atoms. The smallest absolute Gasteiger partial charge is 0.00172 e. The van der Waals surface area contributed by atoms with Crippen LogP contribution in [0.4, 0.5) is 0 Å². The maximum atomic E-state index is 3.08. The minimum absolute atomic E-state index is 1.07. The lowest BCUT2D eigenvalue weighted by Gasteiger charge is -1.88. The standard InChI is InChI=1S/C9H17N/c1-3-4-5-6-7-8-9-10-2/h4-7,10H,3,8-9H2,1-2H3/b5-4-,7-6-. The lowest BCUT2D eigenvalue weighted by molar-refractivity contribution is 0.808. The zero-order valence-electron chi connectivity index (χ0n) is 6.93. The van der Waals surface area contributed by atoms with Gasteiger partial charge in [-0.2, -0.15) is 0 Å². The summed E-state index contributed by atoms with van der Waals surface area (Å²) in [7, 11) is 1.97. The lowest BCUT2D eigenvalue weighted by Crippen LogP contribution is -2.05. The summed E-state index contributed by atoms with van der Waals surface area (Å²) in [4.78, 5) is 0. The van der Waals surface area contributed by atoms with Gasteiger partial charge < -0.3 is 5.32 Å². The Kier molecular flexibility index (Phi) is 7.97. The summed E-state index contributed by atoms with van der Waals surface area (Å²) < 4.78 is 0. The van der Waals surface area contributed by atoms with Crippen molar-refractivity contribution in [1.29, 1.82) is 0 Å². The average Bonchev–Trinajstić information content (AvgIpc) is 1.97. The second kappa shape index (κ2) is 8.44. The van der Waals surface area contributed by atoms with Gasteiger partial charge in [-0.25, -0.2) is 0 Å². The highest BCUT2D eigenvalue weighted by atomic mass is 14.8. The van der Waals surface area contributed by atoms with Gasteiger partial charge in [-0.1, -0.05) is 31.2 Å². The molecule has 0 fully saturated rings. The molecule has 0 unspecified atom stereocenters. The second-order valence-corrected chi connectivity index (χ2v) is 2.16. The van der Waals surface area contributed by atoms with Crippen LogP contribution in [-0.2, 0) is 0 Å². The predicted molar refractivity (Wildman–Crippen MR) is 47.1 cm³/mol. The van der Waals surface area contributed by atoms with E-state index in [0.717, 1.165) is 19.4 Å². The van der Waals surface area contributed by atoms with Crippen LogP contribution >= 0.6 is 0 Å². The second-order valence-electron chi connectivity index (χ2n) is 2.16. The molecule has 0 aliphatic carbocycles. The van der Waals surface area contributed by atoms with Crippen molar-refractivity contribution in [2.45, 2.75) is 19.8 Å². The van der Waals surface area contributed by atoms with E-state index in [1.807, 2.05) is 7.05 Å². The molecule has 0 aromatic heterocycles. The van der Waals surface area contributed by atoms with Gasteiger partial charge in [-0.15, -0.1) is 0 Å². The van der Waals surface area contributed by atoms with Crippen molar-refractivity contribution < 1.29 is 0 Å². The van der Waals surface area contributed by atoms with Gasteiger partial charge in [0.2, 0.25) is 0 Å². The van der Waals surface area contributed by atoms with Crippen LogP contribution in [0.3, 0.4) is 0 Å². The van der Waals surface area contributed by atoms with Crippen LogP contribution in [0.2, 0.25) is 0 Å². The number of hydrogen-bond donors (Lipinski definition) is 1. The molecule has 1 N–H and O–H groups in total. The molecule has 0 aromatic carbocycles. The fourth-order valence-electron chi connectivity index (χ4n) is 0.617. The molecular formula is C9H17N. The van der Waals surface area contributed by atoms with Crippen molar-refractivity contribution in [3.63, 3.8) is 0 Å². The zero-order chi connectivity index (χ0) is 7.66. The molecule has 0 atom stereocenters. The van der Waals surface area contributed by atoms with Crippen molar-refractivity contribution in [1.82, 2.24) is 5.32 Å². The van der Waals surface area contributed by atoms with E-state index in [1.165, 1.54) is 0 Å². The summed E-state index contributed by atoms with van der Waals surface area (Å²) >= 11 is 0. The lowest BCUT2D eigenvalue weighted by atomic mass is 10.3. The summed E-state index contributed by atoms with van der Waals surface area (Å²) in [6.45, 7) is 3.20. The quantitative estimate of drug-likeness (QED) is 0.454. The third-order valence-electron chi connectivity index (χ3n) is 1.18. The first-order valence-corrected chi connectivity index (χ1v) is 3.88. The fraction of sp³-hybridized carbons (Fsp3) is 0.556. The van der Waals surface area contributed by atoms with Crippen molar-refractivity contribution in [2.75, 3.05) is 13.6 Å². The van der Waals surface area contributed by atoms with E-state index < -0.39 is 0 Å². The van der Waals surface area contributed by atoms with E-state index in [9.17, 15) is 0 Å². The van der Waals surface area contributed by atoms with Gasteiger partial charge in [0.15, 0.2) is 0 Å². The first-order chi connectivity index (χ1) is 4.91. The van der Waals surface area contributed by atoms with Gasteiger partial charge >= 0.3 is 0 Å². The maximum absolute atomic E-state index is 3.08. The molecule has 0 aliphatic rings. The Hall–Kier alpha value is -0.560. The van der Waals surface area contributed by atoms with Gasteiger partial charge in [0, 0.05) is 0 Å². The third kappa shape index (κ3) is 7.44. The zero-order valence-corrected chi connectivity index (χ0v) is 6.93. The Bertz CT molecular complexity index is 103. The highest BCUT2D eigenvalue weighted by Gasteiger charge is 1.72. The molecule has 10 heavy (non-hydrogen) atoms. The van der Waals surface area contributed by atoms with Crippen LogP contribution in [0.15, 0.2) is 24.3 Å². The van der Waals surface area contributed by atoms with Gasteiger partial charge in [0.25, 0.3) is 0 Å². The minimum Gasteiger partial charge on any atom is -0.319 e.